The van der Waals surface area contributed by atoms with Gasteiger partial charge in [-0.05, 0) is 129 Å². The van der Waals surface area contributed by atoms with Gasteiger partial charge in [-0.25, -0.2) is 19.4 Å². The SMILES string of the molecule is Cc1cc(=O)c(OC(=O)N(c2ccccc2)c2ccccc2)cc2c1C[C@H]1C[C@H](O)[C@@]3(C)Oc4cc(OC(=O)N(c5ccccc5)c5ccccc5)c(=O)ccc4C[C@H]3CC(C)(C)/C=C/C[C@]1(C)O2. The van der Waals surface area contributed by atoms with E-state index in [9.17, 15) is 24.3 Å². The smallest absolute Gasteiger partial charge is 0.424 e. The van der Waals surface area contributed by atoms with Gasteiger partial charge in [0, 0.05) is 30.4 Å². The number of anilines is 4. The average molecular weight is 925 g/mol. The van der Waals surface area contributed by atoms with Crippen LogP contribution in [0.15, 0.2) is 173 Å². The lowest BCUT2D eigenvalue weighted by molar-refractivity contribution is -0.117. The van der Waals surface area contributed by atoms with Gasteiger partial charge in [-0.15, -0.1) is 0 Å². The van der Waals surface area contributed by atoms with Crippen molar-refractivity contribution in [3.63, 3.8) is 0 Å². The summed E-state index contributed by atoms with van der Waals surface area (Å²) in [5, 5.41) is 12.7. The minimum Gasteiger partial charge on any atom is -0.487 e. The highest BCUT2D eigenvalue weighted by molar-refractivity contribution is 5.98. The molecule has 9 rings (SSSR count). The maximum Gasteiger partial charge on any atom is 0.424 e. The molecule has 0 spiro atoms. The van der Waals surface area contributed by atoms with E-state index in [0.717, 1.165) is 11.1 Å². The molecule has 11 nitrogen and oxygen atoms in total. The molecule has 0 bridgehead atoms. The van der Waals surface area contributed by atoms with E-state index in [2.05, 4.69) is 26.0 Å². The number of aliphatic hydroxyl groups excluding tert-OH is 1. The van der Waals surface area contributed by atoms with Gasteiger partial charge in [0.2, 0.25) is 10.9 Å². The molecule has 0 radical (unpaired) electrons. The fourth-order valence-corrected chi connectivity index (χ4v) is 10.1. The summed E-state index contributed by atoms with van der Waals surface area (Å²) in [6, 6.07) is 43.9. The van der Waals surface area contributed by atoms with Crippen molar-refractivity contribution in [1.82, 2.24) is 0 Å². The van der Waals surface area contributed by atoms with Gasteiger partial charge in [-0.3, -0.25) is 9.59 Å². The van der Waals surface area contributed by atoms with Crippen LogP contribution in [0.2, 0.25) is 0 Å². The molecule has 0 fully saturated rings. The number of amides is 2. The molecule has 69 heavy (non-hydrogen) atoms. The molecule has 3 aliphatic rings. The molecule has 352 valence electrons. The molecule has 11 heteroatoms. The third kappa shape index (κ3) is 9.65. The minimum absolute atomic E-state index is 0.173. The van der Waals surface area contributed by atoms with Gasteiger partial charge >= 0.3 is 12.2 Å². The number of allylic oxidation sites excluding steroid dienone is 1. The first-order valence-electron chi connectivity index (χ1n) is 23.4. The number of hydrogen-bond acceptors (Lipinski definition) is 9. The van der Waals surface area contributed by atoms with Crippen molar-refractivity contribution in [1.29, 1.82) is 0 Å². The van der Waals surface area contributed by atoms with Crippen molar-refractivity contribution in [3.8, 4) is 23.0 Å². The monoisotopic (exact) mass is 924 g/mol. The van der Waals surface area contributed by atoms with Crippen LogP contribution in [-0.2, 0) is 12.8 Å². The highest BCUT2D eigenvalue weighted by Crippen LogP contribution is 2.50. The van der Waals surface area contributed by atoms with Crippen molar-refractivity contribution in [2.24, 2.45) is 17.3 Å². The first kappa shape index (κ1) is 46.6. The predicted octanol–water partition coefficient (Wildman–Crippen LogP) is 11.8. The van der Waals surface area contributed by atoms with E-state index in [0.29, 0.717) is 65.5 Å². The number of aliphatic hydroxyl groups is 1. The van der Waals surface area contributed by atoms with Crippen LogP contribution in [0.3, 0.4) is 0 Å². The molecule has 0 unspecified atom stereocenters. The van der Waals surface area contributed by atoms with Gasteiger partial charge in [0.1, 0.15) is 22.7 Å². The number of para-hydroxylation sites is 4. The Morgan fingerprint density at radius 1 is 0.609 bits per heavy atom. The van der Waals surface area contributed by atoms with Gasteiger partial charge < -0.3 is 24.1 Å². The highest BCUT2D eigenvalue weighted by Gasteiger charge is 2.51. The Labute approximate surface area is 402 Å². The van der Waals surface area contributed by atoms with Crippen molar-refractivity contribution in [3.05, 3.63) is 201 Å². The molecule has 2 aliphatic heterocycles. The van der Waals surface area contributed by atoms with Gasteiger partial charge in [-0.1, -0.05) is 105 Å². The minimum atomic E-state index is -1.17. The summed E-state index contributed by atoms with van der Waals surface area (Å²) in [5.74, 6) is -0.104. The third-order valence-electron chi connectivity index (χ3n) is 14.0. The van der Waals surface area contributed by atoms with Crippen LogP contribution >= 0.6 is 0 Å². The summed E-state index contributed by atoms with van der Waals surface area (Å²) in [4.78, 5) is 58.6. The van der Waals surface area contributed by atoms with Crippen LogP contribution in [0.25, 0.3) is 0 Å². The second-order valence-corrected chi connectivity index (χ2v) is 19.4. The molecule has 6 aromatic carbocycles. The number of rotatable bonds is 6. The zero-order valence-electron chi connectivity index (χ0n) is 39.5. The molecule has 2 amide bonds. The molecule has 1 aliphatic carbocycles. The average Bonchev–Trinajstić information content (AvgIpc) is 3.54. The first-order chi connectivity index (χ1) is 33.1. The maximum absolute atomic E-state index is 14.1. The standard InChI is InChI=1S/C58H56N2O9/c1-38-31-48(62)52(67-55(65)60(44-23-14-8-15-24-44)45-25-16-9-17-26-45)36-50-46(38)33-40-34-53(63)58(5)41(37-56(2,3)29-18-30-57(40,4)68-50)32-39-27-28-47(61)51(35-49(39)69-58)66-54(64)59(42-19-10-6-11-20-42)43-21-12-7-13-22-43/h6-29,31,35-36,40-41,53,63H,30,32-34,37H2,1-5H3/b29-18+/t40-,41-,53-,57-,58-/m0/s1. The molecule has 0 saturated heterocycles. The Balaban J connectivity index is 1.03. The fraction of sp³-hybridized carbons (Fsp3) is 0.276. The quantitative estimate of drug-likeness (QED) is 0.162. The summed E-state index contributed by atoms with van der Waals surface area (Å²) in [6.45, 7) is 10.1. The van der Waals surface area contributed by atoms with Crippen molar-refractivity contribution in [2.75, 3.05) is 9.80 Å². The Kier molecular flexibility index (Phi) is 12.8. The lowest BCUT2D eigenvalue weighted by Gasteiger charge is -2.49. The van der Waals surface area contributed by atoms with E-state index in [4.69, 9.17) is 18.9 Å². The van der Waals surface area contributed by atoms with E-state index in [-0.39, 0.29) is 35.2 Å². The number of carbonyl (C=O) groups excluding carboxylic acids is 2. The molecule has 1 N–H and O–H groups in total. The number of aryl methyl sites for hydroxylation is 1. The second kappa shape index (κ2) is 18.9. The largest absolute Gasteiger partial charge is 0.487 e. The molecule has 0 saturated carbocycles. The van der Waals surface area contributed by atoms with Crippen LogP contribution in [0, 0.1) is 24.2 Å². The van der Waals surface area contributed by atoms with Crippen molar-refractivity contribution in [2.45, 2.75) is 84.0 Å². The van der Waals surface area contributed by atoms with Crippen LogP contribution in [0.4, 0.5) is 32.3 Å². The van der Waals surface area contributed by atoms with Crippen LogP contribution in [0.1, 0.15) is 63.6 Å². The number of ether oxygens (including phenoxy) is 4. The molecular weight excluding hydrogens is 869 g/mol. The zero-order chi connectivity index (χ0) is 48.5. The fourth-order valence-electron chi connectivity index (χ4n) is 10.1. The first-order valence-corrected chi connectivity index (χ1v) is 23.4. The van der Waals surface area contributed by atoms with E-state index < -0.39 is 40.4 Å². The van der Waals surface area contributed by atoms with Gasteiger partial charge in [0.05, 0.1) is 28.9 Å². The molecule has 0 aromatic heterocycles. The molecule has 5 atom stereocenters. The summed E-state index contributed by atoms with van der Waals surface area (Å²) in [7, 11) is 0. The zero-order valence-corrected chi connectivity index (χ0v) is 39.5. The predicted molar refractivity (Wildman–Crippen MR) is 267 cm³/mol. The number of carbonyl (C=O) groups is 2. The van der Waals surface area contributed by atoms with Gasteiger partial charge in [0.15, 0.2) is 11.5 Å². The Morgan fingerprint density at radius 3 is 1.62 bits per heavy atom. The third-order valence-corrected chi connectivity index (χ3v) is 14.0. The summed E-state index contributed by atoms with van der Waals surface area (Å²) >= 11 is 0. The Bertz CT molecular complexity index is 2940. The molecule has 2 heterocycles. The van der Waals surface area contributed by atoms with Gasteiger partial charge in [-0.2, -0.15) is 0 Å². The van der Waals surface area contributed by atoms with E-state index >= 15 is 0 Å². The van der Waals surface area contributed by atoms with Crippen LogP contribution in [-0.4, -0.2) is 34.6 Å². The maximum atomic E-state index is 14.1. The number of hydrogen-bond donors (Lipinski definition) is 1. The molecular formula is C58H56N2O9. The summed E-state index contributed by atoms with van der Waals surface area (Å²) in [5.41, 5.74) is 1.04. The van der Waals surface area contributed by atoms with Crippen LogP contribution < -0.4 is 39.6 Å². The number of benzene rings is 4. The summed E-state index contributed by atoms with van der Waals surface area (Å²) < 4.78 is 25.9. The number of nitrogens with zero attached hydrogens (tertiary/aromatic N) is 2. The lowest BCUT2D eigenvalue weighted by atomic mass is 9.68. The lowest BCUT2D eigenvalue weighted by Crippen LogP contribution is -2.56. The normalized spacial score (nSPS) is 22.7. The van der Waals surface area contributed by atoms with E-state index in [1.54, 1.807) is 54.6 Å². The van der Waals surface area contributed by atoms with E-state index in [1.807, 2.05) is 93.6 Å². The van der Waals surface area contributed by atoms with Crippen LogP contribution in [0.5, 0.6) is 23.0 Å². The Hall–Kier alpha value is -7.50. The second-order valence-electron chi connectivity index (χ2n) is 19.4. The topological polar surface area (TPSA) is 132 Å². The van der Waals surface area contributed by atoms with Crippen molar-refractivity contribution < 1.29 is 33.6 Å². The highest BCUT2D eigenvalue weighted by atomic mass is 16.6. The van der Waals surface area contributed by atoms with E-state index in [1.165, 1.54) is 34.1 Å². The Morgan fingerprint density at radius 2 is 1.10 bits per heavy atom. The molecule has 6 aromatic rings. The van der Waals surface area contributed by atoms with Crippen molar-refractivity contribution >= 4 is 34.9 Å². The number of fused-ring (bicyclic) bond motifs is 4. The summed E-state index contributed by atoms with van der Waals surface area (Å²) in [6.07, 6.45) is 4.07. The van der Waals surface area contributed by atoms with Gasteiger partial charge in [0.25, 0.3) is 0 Å².